The van der Waals surface area contributed by atoms with Crippen molar-refractivity contribution >= 4 is 5.97 Å². The van der Waals surface area contributed by atoms with Crippen LogP contribution >= 0.6 is 0 Å². The fourth-order valence-electron chi connectivity index (χ4n) is 1.97. The highest BCUT2D eigenvalue weighted by Crippen LogP contribution is 2.20. The Hall–Kier alpha value is -2.44. The van der Waals surface area contributed by atoms with Gasteiger partial charge in [0.25, 0.3) is 5.56 Å². The molecule has 0 fully saturated rings. The number of carbonyl (C=O) groups excluding carboxylic acids is 1. The minimum atomic E-state index is -0.624. The summed E-state index contributed by atoms with van der Waals surface area (Å²) < 4.78 is 7.42. The van der Waals surface area contributed by atoms with Crippen molar-refractivity contribution in [2.24, 2.45) is 14.1 Å². The van der Waals surface area contributed by atoms with Crippen LogP contribution in [-0.2, 0) is 18.8 Å². The Labute approximate surface area is 114 Å². The second-order valence-corrected chi connectivity index (χ2v) is 4.42. The van der Waals surface area contributed by atoms with Gasteiger partial charge in [-0.15, -0.1) is 0 Å². The molecule has 7 heteroatoms. The smallest absolute Gasteiger partial charge is 0.352 e. The number of pyridine rings is 1. The quantitative estimate of drug-likeness (QED) is 0.725. The molecule has 106 valence electrons. The zero-order chi connectivity index (χ0) is 15.0. The van der Waals surface area contributed by atoms with Gasteiger partial charge < -0.3 is 9.30 Å². The van der Waals surface area contributed by atoms with Crippen molar-refractivity contribution < 1.29 is 9.53 Å². The molecule has 0 unspecified atom stereocenters. The minimum Gasteiger partial charge on any atom is -0.462 e. The molecule has 0 N–H and O–H groups in total. The van der Waals surface area contributed by atoms with Crippen LogP contribution in [0.1, 0.15) is 23.0 Å². The molecule has 2 aliphatic heterocycles. The Morgan fingerprint density at radius 2 is 1.95 bits per heavy atom. The third-order valence-electron chi connectivity index (χ3n) is 3.26. The van der Waals surface area contributed by atoms with Crippen LogP contribution in [0.5, 0.6) is 0 Å². The van der Waals surface area contributed by atoms with E-state index in [1.807, 2.05) is 0 Å². The van der Waals surface area contributed by atoms with Gasteiger partial charge in [0, 0.05) is 19.8 Å². The molecule has 0 saturated heterocycles. The lowest BCUT2D eigenvalue weighted by atomic mass is 10.1. The van der Waals surface area contributed by atoms with Crippen molar-refractivity contribution in [1.29, 1.82) is 0 Å². The first-order chi connectivity index (χ1) is 9.38. The van der Waals surface area contributed by atoms with Crippen LogP contribution in [0.4, 0.5) is 0 Å². The van der Waals surface area contributed by atoms with E-state index in [1.54, 1.807) is 25.5 Å². The van der Waals surface area contributed by atoms with Crippen LogP contribution < -0.4 is 11.2 Å². The molecule has 20 heavy (non-hydrogen) atoms. The van der Waals surface area contributed by atoms with Gasteiger partial charge in [-0.1, -0.05) is 0 Å². The van der Waals surface area contributed by atoms with Crippen molar-refractivity contribution in [3.63, 3.8) is 0 Å². The zero-order valence-electron chi connectivity index (χ0n) is 11.8. The van der Waals surface area contributed by atoms with Crippen LogP contribution in [0.3, 0.4) is 0 Å². The normalized spacial score (nSPS) is 10.8. The highest BCUT2D eigenvalue weighted by Gasteiger charge is 2.21. The van der Waals surface area contributed by atoms with Crippen molar-refractivity contribution in [2.75, 3.05) is 6.61 Å². The van der Waals surface area contributed by atoms with Gasteiger partial charge in [-0.05, 0) is 19.9 Å². The predicted molar refractivity (Wildman–Crippen MR) is 72.0 cm³/mol. The van der Waals surface area contributed by atoms with Gasteiger partial charge in [0.1, 0.15) is 0 Å². The zero-order valence-corrected chi connectivity index (χ0v) is 11.8. The summed E-state index contributed by atoms with van der Waals surface area (Å²) in [6.07, 6.45) is 0. The number of aromatic nitrogens is 3. The number of hydrogen-bond donors (Lipinski definition) is 0. The first-order valence-electron chi connectivity index (χ1n) is 6.13. The van der Waals surface area contributed by atoms with E-state index in [0.717, 1.165) is 4.57 Å². The number of ether oxygens (including phenoxy) is 1. The minimum absolute atomic E-state index is 0.211. The summed E-state index contributed by atoms with van der Waals surface area (Å²) in [6.45, 7) is 3.66. The summed E-state index contributed by atoms with van der Waals surface area (Å²) in [5.74, 6) is -0.251. The Bertz CT molecular complexity index is 773. The predicted octanol–water partition coefficient (Wildman–Crippen LogP) is 0.0689. The fraction of sp³-hybridized carbons (Fsp3) is 0.385. The molecule has 0 radical (unpaired) electrons. The van der Waals surface area contributed by atoms with E-state index in [-0.39, 0.29) is 18.0 Å². The van der Waals surface area contributed by atoms with Gasteiger partial charge in [0.15, 0.2) is 5.82 Å². The number of nitrogens with zero attached hydrogens (tertiary/aromatic N) is 3. The average Bonchev–Trinajstić information content (AvgIpc) is 2.41. The monoisotopic (exact) mass is 277 g/mol. The Morgan fingerprint density at radius 1 is 1.30 bits per heavy atom. The molecule has 0 spiro atoms. The molecule has 2 aliphatic rings. The van der Waals surface area contributed by atoms with E-state index in [9.17, 15) is 14.4 Å². The van der Waals surface area contributed by atoms with E-state index in [1.165, 1.54) is 13.1 Å². The maximum Gasteiger partial charge on any atom is 0.352 e. The van der Waals surface area contributed by atoms with Crippen molar-refractivity contribution in [3.05, 3.63) is 38.2 Å². The molecule has 0 atom stereocenters. The molecule has 0 aromatic heterocycles. The lowest BCUT2D eigenvalue weighted by Gasteiger charge is -2.16. The molecule has 0 aromatic rings. The van der Waals surface area contributed by atoms with E-state index in [2.05, 4.69) is 4.98 Å². The average molecular weight is 277 g/mol. The molecular weight excluding hydrogens is 262 g/mol. The Kier molecular flexibility index (Phi) is 3.44. The molecule has 2 heterocycles. The van der Waals surface area contributed by atoms with Gasteiger partial charge in [-0.2, -0.15) is 4.98 Å². The lowest BCUT2D eigenvalue weighted by molar-refractivity contribution is 0.0524. The van der Waals surface area contributed by atoms with Crippen LogP contribution in [0, 0.1) is 6.92 Å². The molecule has 0 aromatic carbocycles. The summed E-state index contributed by atoms with van der Waals surface area (Å²) in [7, 11) is 2.99. The number of carbonyl (C=O) groups is 1. The number of rotatable bonds is 2. The molecular formula is C13H15N3O4. The molecule has 0 saturated carbocycles. The maximum atomic E-state index is 12.1. The summed E-state index contributed by atoms with van der Waals surface area (Å²) in [5.41, 5.74) is -0.0266. The third kappa shape index (κ3) is 2.01. The summed E-state index contributed by atoms with van der Waals surface area (Å²) in [5, 5.41) is 0. The lowest BCUT2D eigenvalue weighted by Crippen LogP contribution is -2.36. The van der Waals surface area contributed by atoms with E-state index >= 15 is 0 Å². The third-order valence-corrected chi connectivity index (χ3v) is 3.26. The van der Waals surface area contributed by atoms with Crippen molar-refractivity contribution in [1.82, 2.24) is 14.1 Å². The standard InChI is InChI=1S/C13H15N3O4/c1-5-20-12(18)8-6-9-10(15(3)7(8)2)14-13(19)16(4)11(9)17/h6H,5H2,1-4H3. The Balaban J connectivity index is 2.87. The largest absolute Gasteiger partial charge is 0.462 e. The SMILES string of the molecule is CCOC(=O)c1cc2c(=O)n(C)c(=O)nc-2n(C)c1C. The Morgan fingerprint density at radius 3 is 2.55 bits per heavy atom. The highest BCUT2D eigenvalue weighted by molar-refractivity contribution is 5.92. The van der Waals surface area contributed by atoms with Gasteiger partial charge in [-0.3, -0.25) is 9.36 Å². The first-order valence-corrected chi connectivity index (χ1v) is 6.13. The van der Waals surface area contributed by atoms with Gasteiger partial charge in [0.05, 0.1) is 17.7 Å². The van der Waals surface area contributed by atoms with Crippen molar-refractivity contribution in [2.45, 2.75) is 13.8 Å². The first kappa shape index (κ1) is 14.0. The van der Waals surface area contributed by atoms with Crippen LogP contribution in [0.25, 0.3) is 11.4 Å². The maximum absolute atomic E-state index is 12.1. The number of esters is 1. The molecule has 2 rings (SSSR count). The number of fused-ring (bicyclic) bond motifs is 1. The second kappa shape index (κ2) is 4.92. The van der Waals surface area contributed by atoms with Gasteiger partial charge >= 0.3 is 11.7 Å². The second-order valence-electron chi connectivity index (χ2n) is 4.42. The van der Waals surface area contributed by atoms with Crippen LogP contribution in [-0.4, -0.2) is 26.7 Å². The van der Waals surface area contributed by atoms with Gasteiger partial charge in [-0.25, -0.2) is 9.59 Å². The van der Waals surface area contributed by atoms with Crippen LogP contribution in [0.2, 0.25) is 0 Å². The van der Waals surface area contributed by atoms with Crippen molar-refractivity contribution in [3.8, 4) is 11.4 Å². The summed E-state index contributed by atoms with van der Waals surface area (Å²) >= 11 is 0. The molecule has 0 aliphatic carbocycles. The van der Waals surface area contributed by atoms with Crippen LogP contribution in [0.15, 0.2) is 15.7 Å². The molecule has 0 bridgehead atoms. The highest BCUT2D eigenvalue weighted by atomic mass is 16.5. The fourth-order valence-corrected chi connectivity index (χ4v) is 1.97. The molecule has 0 amide bonds. The van der Waals surface area contributed by atoms with E-state index < -0.39 is 17.2 Å². The van der Waals surface area contributed by atoms with E-state index in [0.29, 0.717) is 11.3 Å². The number of hydrogen-bond acceptors (Lipinski definition) is 5. The molecule has 7 nitrogen and oxygen atoms in total. The van der Waals surface area contributed by atoms with Gasteiger partial charge in [0.2, 0.25) is 0 Å². The summed E-state index contributed by atoms with van der Waals surface area (Å²) in [6, 6.07) is 1.43. The topological polar surface area (TPSA) is 83.2 Å². The summed E-state index contributed by atoms with van der Waals surface area (Å²) in [4.78, 5) is 39.4. The van der Waals surface area contributed by atoms with E-state index in [4.69, 9.17) is 4.74 Å².